The number of rotatable bonds is 3. The highest BCUT2D eigenvalue weighted by molar-refractivity contribution is 5.75. The van der Waals surface area contributed by atoms with Gasteiger partial charge in [-0.05, 0) is 27.8 Å². The minimum Gasteiger partial charge on any atom is -0.299 e. The van der Waals surface area contributed by atoms with Gasteiger partial charge in [0.15, 0.2) is 0 Å². The van der Waals surface area contributed by atoms with Gasteiger partial charge in [-0.2, -0.15) is 0 Å². The van der Waals surface area contributed by atoms with Crippen molar-refractivity contribution in [1.29, 1.82) is 0 Å². The fraction of sp³-hybridized carbons (Fsp3) is 0.909. The molecule has 5 nitrogen and oxygen atoms in total. The summed E-state index contributed by atoms with van der Waals surface area (Å²) in [7, 11) is 2.15. The van der Waals surface area contributed by atoms with Crippen LogP contribution in [0.5, 0.6) is 0 Å². The van der Waals surface area contributed by atoms with Crippen molar-refractivity contribution in [2.75, 3.05) is 26.7 Å². The fourth-order valence-electron chi connectivity index (χ4n) is 2.11. The Bertz CT molecular complexity index is 254. The SMILES string of the molecule is CC(CC(=O)NN)N1CCN(C)C(C)(C)C1. The van der Waals surface area contributed by atoms with Crippen LogP contribution in [-0.2, 0) is 4.79 Å². The minimum atomic E-state index is -0.0933. The number of nitrogens with zero attached hydrogens (tertiary/aromatic N) is 2. The van der Waals surface area contributed by atoms with Crippen LogP contribution in [0.25, 0.3) is 0 Å². The first-order chi connectivity index (χ1) is 7.36. The second kappa shape index (κ2) is 5.12. The first kappa shape index (κ1) is 13.4. The lowest BCUT2D eigenvalue weighted by Crippen LogP contribution is -2.59. The summed E-state index contributed by atoms with van der Waals surface area (Å²) in [5.74, 6) is 5.01. The maximum absolute atomic E-state index is 11.2. The van der Waals surface area contributed by atoms with Crippen molar-refractivity contribution in [3.63, 3.8) is 0 Å². The Morgan fingerprint density at radius 2 is 2.12 bits per heavy atom. The highest BCUT2D eigenvalue weighted by Gasteiger charge is 2.33. The molecule has 1 amide bonds. The van der Waals surface area contributed by atoms with Crippen LogP contribution in [0.15, 0.2) is 0 Å². The van der Waals surface area contributed by atoms with Crippen molar-refractivity contribution in [3.8, 4) is 0 Å². The molecule has 1 atom stereocenters. The molecule has 5 heteroatoms. The second-order valence-corrected chi connectivity index (χ2v) is 5.33. The van der Waals surface area contributed by atoms with E-state index in [1.165, 1.54) is 0 Å². The van der Waals surface area contributed by atoms with E-state index in [0.29, 0.717) is 6.42 Å². The topological polar surface area (TPSA) is 61.6 Å². The highest BCUT2D eigenvalue weighted by atomic mass is 16.2. The Morgan fingerprint density at radius 1 is 1.50 bits per heavy atom. The molecule has 94 valence electrons. The lowest BCUT2D eigenvalue weighted by molar-refractivity contribution is -0.122. The molecule has 1 heterocycles. The Labute approximate surface area is 97.9 Å². The minimum absolute atomic E-state index is 0.0933. The van der Waals surface area contributed by atoms with Gasteiger partial charge in [0.1, 0.15) is 0 Å². The molecule has 1 unspecified atom stereocenters. The van der Waals surface area contributed by atoms with Crippen LogP contribution < -0.4 is 11.3 Å². The normalized spacial score (nSPS) is 24.1. The van der Waals surface area contributed by atoms with E-state index in [0.717, 1.165) is 19.6 Å². The second-order valence-electron chi connectivity index (χ2n) is 5.33. The van der Waals surface area contributed by atoms with Crippen LogP contribution in [0, 0.1) is 0 Å². The van der Waals surface area contributed by atoms with E-state index in [9.17, 15) is 4.79 Å². The van der Waals surface area contributed by atoms with Gasteiger partial charge in [-0.1, -0.05) is 0 Å². The van der Waals surface area contributed by atoms with Gasteiger partial charge in [-0.3, -0.25) is 20.0 Å². The number of likely N-dealkylation sites (N-methyl/N-ethyl adjacent to an activating group) is 1. The van der Waals surface area contributed by atoms with Gasteiger partial charge in [-0.15, -0.1) is 0 Å². The van der Waals surface area contributed by atoms with E-state index in [2.05, 4.69) is 43.0 Å². The van der Waals surface area contributed by atoms with E-state index in [4.69, 9.17) is 5.84 Å². The summed E-state index contributed by atoms with van der Waals surface area (Å²) in [5, 5.41) is 0. The molecule has 1 aliphatic rings. The molecule has 0 aromatic rings. The molecule has 0 radical (unpaired) electrons. The monoisotopic (exact) mass is 228 g/mol. The van der Waals surface area contributed by atoms with E-state index >= 15 is 0 Å². The van der Waals surface area contributed by atoms with Crippen LogP contribution in [0.1, 0.15) is 27.2 Å². The van der Waals surface area contributed by atoms with Crippen LogP contribution in [0.4, 0.5) is 0 Å². The van der Waals surface area contributed by atoms with E-state index in [-0.39, 0.29) is 17.5 Å². The number of piperazine rings is 1. The lowest BCUT2D eigenvalue weighted by atomic mass is 9.98. The molecule has 1 aliphatic heterocycles. The van der Waals surface area contributed by atoms with Crippen LogP contribution in [-0.4, -0.2) is 54.0 Å². The van der Waals surface area contributed by atoms with Crippen molar-refractivity contribution in [2.24, 2.45) is 5.84 Å². The average Bonchev–Trinajstić information content (AvgIpc) is 2.21. The molecular weight excluding hydrogens is 204 g/mol. The Kier molecular flexibility index (Phi) is 4.29. The molecule has 0 bridgehead atoms. The quantitative estimate of drug-likeness (QED) is 0.398. The summed E-state index contributed by atoms with van der Waals surface area (Å²) in [6.07, 6.45) is 0.469. The van der Waals surface area contributed by atoms with E-state index < -0.39 is 0 Å². The number of hydrogen-bond donors (Lipinski definition) is 2. The summed E-state index contributed by atoms with van der Waals surface area (Å²) >= 11 is 0. The zero-order valence-corrected chi connectivity index (χ0v) is 10.8. The molecule has 16 heavy (non-hydrogen) atoms. The fourth-order valence-corrected chi connectivity index (χ4v) is 2.11. The largest absolute Gasteiger partial charge is 0.299 e. The lowest BCUT2D eigenvalue weighted by Gasteiger charge is -2.47. The number of carbonyl (C=O) groups is 1. The van der Waals surface area contributed by atoms with Crippen LogP contribution >= 0.6 is 0 Å². The van der Waals surface area contributed by atoms with Gasteiger partial charge in [0, 0.05) is 37.6 Å². The number of hydrogen-bond acceptors (Lipinski definition) is 4. The number of carbonyl (C=O) groups excluding carboxylic acids is 1. The number of hydrazine groups is 1. The third-order valence-electron chi connectivity index (χ3n) is 3.61. The summed E-state index contributed by atoms with van der Waals surface area (Å²) in [5.41, 5.74) is 2.36. The third kappa shape index (κ3) is 3.17. The van der Waals surface area contributed by atoms with Crippen molar-refractivity contribution in [2.45, 2.75) is 38.8 Å². The van der Waals surface area contributed by atoms with Crippen molar-refractivity contribution >= 4 is 5.91 Å². The number of nitrogens with two attached hydrogens (primary N) is 1. The smallest absolute Gasteiger partial charge is 0.235 e. The molecular formula is C11H24N4O. The first-order valence-electron chi connectivity index (χ1n) is 5.81. The molecule has 0 aromatic carbocycles. The molecule has 0 aromatic heterocycles. The molecule has 1 saturated heterocycles. The Balaban J connectivity index is 2.52. The predicted molar refractivity (Wildman–Crippen MR) is 64.7 cm³/mol. The predicted octanol–water partition coefficient (Wildman–Crippen LogP) is -0.219. The standard InChI is InChI=1S/C11H24N4O/c1-9(7-10(16)13-12)15-6-5-14(4)11(2,3)8-15/h9H,5-8,12H2,1-4H3,(H,13,16). The van der Waals surface area contributed by atoms with Crippen LogP contribution in [0.3, 0.4) is 0 Å². The maximum atomic E-state index is 11.2. The van der Waals surface area contributed by atoms with Gasteiger partial charge in [-0.25, -0.2) is 5.84 Å². The molecule has 0 aliphatic carbocycles. The number of amides is 1. The van der Waals surface area contributed by atoms with Gasteiger partial charge in [0.05, 0.1) is 0 Å². The highest BCUT2D eigenvalue weighted by Crippen LogP contribution is 2.21. The zero-order valence-electron chi connectivity index (χ0n) is 10.8. The van der Waals surface area contributed by atoms with Crippen molar-refractivity contribution in [3.05, 3.63) is 0 Å². The van der Waals surface area contributed by atoms with Gasteiger partial charge < -0.3 is 0 Å². The number of nitrogens with one attached hydrogen (secondary N) is 1. The Hall–Kier alpha value is -0.650. The van der Waals surface area contributed by atoms with Gasteiger partial charge >= 0.3 is 0 Å². The average molecular weight is 228 g/mol. The molecule has 0 spiro atoms. The third-order valence-corrected chi connectivity index (χ3v) is 3.61. The first-order valence-corrected chi connectivity index (χ1v) is 5.81. The van der Waals surface area contributed by atoms with Crippen molar-refractivity contribution < 1.29 is 4.79 Å². The zero-order chi connectivity index (χ0) is 12.3. The Morgan fingerprint density at radius 3 is 2.62 bits per heavy atom. The molecule has 1 fully saturated rings. The van der Waals surface area contributed by atoms with Gasteiger partial charge in [0.25, 0.3) is 0 Å². The van der Waals surface area contributed by atoms with E-state index in [1.54, 1.807) is 0 Å². The summed E-state index contributed by atoms with van der Waals surface area (Å²) in [4.78, 5) is 15.9. The van der Waals surface area contributed by atoms with Crippen LogP contribution in [0.2, 0.25) is 0 Å². The maximum Gasteiger partial charge on any atom is 0.235 e. The molecule has 1 rings (SSSR count). The molecule has 3 N–H and O–H groups in total. The van der Waals surface area contributed by atoms with E-state index in [1.807, 2.05) is 0 Å². The van der Waals surface area contributed by atoms with Gasteiger partial charge in [0.2, 0.25) is 5.91 Å². The summed E-state index contributed by atoms with van der Waals surface area (Å²) in [6, 6.07) is 0.247. The molecule has 0 saturated carbocycles. The summed E-state index contributed by atoms with van der Waals surface area (Å²) < 4.78 is 0. The summed E-state index contributed by atoms with van der Waals surface area (Å²) in [6.45, 7) is 9.59. The van der Waals surface area contributed by atoms with Crippen molar-refractivity contribution in [1.82, 2.24) is 15.2 Å².